The Labute approximate surface area is 288 Å². The number of allylic oxidation sites excluding steroid dienone is 9. The van der Waals surface area contributed by atoms with E-state index in [2.05, 4.69) is 138 Å². The van der Waals surface area contributed by atoms with Gasteiger partial charge in [-0.1, -0.05) is 98.0 Å². The van der Waals surface area contributed by atoms with E-state index in [4.69, 9.17) is 0 Å². The van der Waals surface area contributed by atoms with Crippen LogP contribution in [0, 0.1) is 40.4 Å². The highest BCUT2D eigenvalue weighted by Gasteiger charge is 2.48. The highest BCUT2D eigenvalue weighted by Crippen LogP contribution is 2.53. The minimum atomic E-state index is 0.219. The van der Waals surface area contributed by atoms with Crippen LogP contribution >= 0.6 is 0 Å². The Morgan fingerprint density at radius 3 is 2.51 bits per heavy atom. The summed E-state index contributed by atoms with van der Waals surface area (Å²) >= 11 is 0. The molecular weight excluding hydrogens is 597 g/mol. The Bertz CT molecular complexity index is 2320. The van der Waals surface area contributed by atoms with Crippen LogP contribution in [-0.2, 0) is 0 Å². The zero-order valence-corrected chi connectivity index (χ0v) is 27.7. The zero-order valence-electron chi connectivity index (χ0n) is 27.7. The molecule has 6 atom stereocenters. The van der Waals surface area contributed by atoms with Crippen molar-refractivity contribution in [3.05, 3.63) is 161 Å². The molecule has 0 amide bonds. The topological polar surface area (TPSA) is 55.8 Å². The summed E-state index contributed by atoms with van der Waals surface area (Å²) in [6, 6.07) is 29.0. The lowest BCUT2D eigenvalue weighted by Crippen LogP contribution is -2.47. The Morgan fingerprint density at radius 2 is 1.65 bits per heavy atom. The van der Waals surface area contributed by atoms with Crippen molar-refractivity contribution in [2.24, 2.45) is 17.8 Å². The lowest BCUT2D eigenvalue weighted by atomic mass is 9.68. The first-order valence-electron chi connectivity index (χ1n) is 17.7. The molecule has 0 saturated heterocycles. The average molecular weight is 635 g/mol. The Morgan fingerprint density at radius 1 is 0.796 bits per heavy atom. The molecule has 2 heterocycles. The molecule has 0 N–H and O–H groups in total. The fourth-order valence-corrected chi connectivity index (χ4v) is 9.52. The Balaban J connectivity index is 1.15. The number of benzene rings is 3. The van der Waals surface area contributed by atoms with Gasteiger partial charge in [-0.05, 0) is 85.1 Å². The van der Waals surface area contributed by atoms with E-state index in [0.717, 1.165) is 48.0 Å². The fourth-order valence-electron chi connectivity index (χ4n) is 9.52. The van der Waals surface area contributed by atoms with E-state index in [1.807, 2.05) is 18.2 Å². The van der Waals surface area contributed by atoms with E-state index in [-0.39, 0.29) is 12.0 Å². The second-order valence-electron chi connectivity index (χ2n) is 14.2. The second kappa shape index (κ2) is 11.8. The van der Waals surface area contributed by atoms with Gasteiger partial charge in [0.1, 0.15) is 6.07 Å². The lowest BCUT2D eigenvalue weighted by molar-refractivity contribution is 0.166. The van der Waals surface area contributed by atoms with Crippen LogP contribution in [-0.4, -0.2) is 21.6 Å². The standard InChI is InChI=1S/C45H38N4/c1-29-24-30(27-46)25-40-38-19-11-18-37(45(38)48(44(29)40)33-13-3-2-4-14-33)35-16-7-6-15-34(35)31-22-23-43-39(26-31)36-17-8-10-21-42(36)49(43)41-20-9-5-12-32(41)28-47/h2-5,7-13,16-23,25-26,29,33-35,37,45H,6,14-15,24H2,1H3. The van der Waals surface area contributed by atoms with E-state index in [9.17, 15) is 10.5 Å². The molecule has 1 aromatic heterocycles. The van der Waals surface area contributed by atoms with Crippen molar-refractivity contribution in [2.75, 3.05) is 0 Å². The number of nitrogens with zero attached hydrogens (tertiary/aromatic N) is 4. The Kier molecular flexibility index (Phi) is 7.14. The summed E-state index contributed by atoms with van der Waals surface area (Å²) in [4.78, 5) is 2.74. The van der Waals surface area contributed by atoms with Crippen LogP contribution in [0.1, 0.15) is 49.7 Å². The van der Waals surface area contributed by atoms with E-state index in [1.54, 1.807) is 0 Å². The first kappa shape index (κ1) is 29.6. The fraction of sp³-hybridized carbons (Fsp3) is 0.244. The number of rotatable bonds is 4. The highest BCUT2D eigenvalue weighted by molar-refractivity contribution is 6.09. The van der Waals surface area contributed by atoms with Crippen LogP contribution in [0.3, 0.4) is 0 Å². The third kappa shape index (κ3) is 4.62. The monoisotopic (exact) mass is 634 g/mol. The predicted molar refractivity (Wildman–Crippen MR) is 198 cm³/mol. The Hall–Kier alpha value is -5.58. The maximum atomic E-state index is 9.99. The average Bonchev–Trinajstić information content (AvgIpc) is 3.68. The third-order valence-corrected chi connectivity index (χ3v) is 11.5. The molecule has 6 unspecified atom stereocenters. The summed E-state index contributed by atoms with van der Waals surface area (Å²) in [5.41, 5.74) is 10.2. The highest BCUT2D eigenvalue weighted by atomic mass is 15.2. The molecule has 5 aliphatic rings. The zero-order chi connectivity index (χ0) is 33.1. The molecule has 49 heavy (non-hydrogen) atoms. The van der Waals surface area contributed by atoms with Gasteiger partial charge in [-0.15, -0.1) is 0 Å². The number of aromatic nitrogens is 1. The van der Waals surface area contributed by atoms with E-state index < -0.39 is 0 Å². The predicted octanol–water partition coefficient (Wildman–Crippen LogP) is 10.1. The van der Waals surface area contributed by atoms with Gasteiger partial charge < -0.3 is 9.47 Å². The van der Waals surface area contributed by atoms with Crippen molar-refractivity contribution < 1.29 is 0 Å². The molecule has 1 aliphatic heterocycles. The normalized spacial score (nSPS) is 27.1. The van der Waals surface area contributed by atoms with Crippen LogP contribution in [0.25, 0.3) is 27.5 Å². The van der Waals surface area contributed by atoms with Gasteiger partial charge in [0, 0.05) is 39.5 Å². The third-order valence-electron chi connectivity index (χ3n) is 11.5. The van der Waals surface area contributed by atoms with Crippen LogP contribution in [0.4, 0.5) is 0 Å². The second-order valence-corrected chi connectivity index (χ2v) is 14.2. The van der Waals surface area contributed by atoms with Gasteiger partial charge >= 0.3 is 0 Å². The van der Waals surface area contributed by atoms with Gasteiger partial charge in [-0.3, -0.25) is 0 Å². The van der Waals surface area contributed by atoms with Crippen LogP contribution in [0.5, 0.6) is 0 Å². The van der Waals surface area contributed by atoms with E-state index in [1.165, 1.54) is 33.2 Å². The molecule has 4 aromatic rings. The molecule has 238 valence electrons. The van der Waals surface area contributed by atoms with Crippen molar-refractivity contribution in [3.8, 4) is 17.8 Å². The molecule has 0 saturated carbocycles. The summed E-state index contributed by atoms with van der Waals surface area (Å²) < 4.78 is 2.26. The first-order valence-corrected chi connectivity index (χ1v) is 17.7. The molecular formula is C45H38N4. The largest absolute Gasteiger partial charge is 0.360 e. The first-order chi connectivity index (χ1) is 24.2. The maximum absolute atomic E-state index is 9.99. The molecule has 4 aliphatic carbocycles. The number of para-hydroxylation sites is 2. The van der Waals surface area contributed by atoms with Crippen LogP contribution in [0.2, 0.25) is 0 Å². The molecule has 4 heteroatoms. The molecule has 9 rings (SSSR count). The van der Waals surface area contributed by atoms with Gasteiger partial charge in [0.15, 0.2) is 0 Å². The summed E-state index contributed by atoms with van der Waals surface area (Å²) in [5.74, 6) is 1.27. The van der Waals surface area contributed by atoms with Gasteiger partial charge in [0.25, 0.3) is 0 Å². The lowest BCUT2D eigenvalue weighted by Gasteiger charge is -2.45. The number of hydrogen-bond acceptors (Lipinski definition) is 3. The smallest absolute Gasteiger partial charge is 0.101 e. The summed E-state index contributed by atoms with van der Waals surface area (Å²) in [7, 11) is 0. The quantitative estimate of drug-likeness (QED) is 0.210. The van der Waals surface area contributed by atoms with Gasteiger partial charge in [-0.2, -0.15) is 10.5 Å². The minimum absolute atomic E-state index is 0.219. The van der Waals surface area contributed by atoms with E-state index >= 15 is 0 Å². The summed E-state index contributed by atoms with van der Waals surface area (Å²) in [6.07, 6.45) is 27.2. The van der Waals surface area contributed by atoms with Gasteiger partial charge in [0.05, 0.1) is 40.4 Å². The van der Waals surface area contributed by atoms with Crippen LogP contribution in [0.15, 0.2) is 150 Å². The molecule has 0 bridgehead atoms. The van der Waals surface area contributed by atoms with Crippen LogP contribution < -0.4 is 0 Å². The van der Waals surface area contributed by atoms with Gasteiger partial charge in [0.2, 0.25) is 0 Å². The minimum Gasteiger partial charge on any atom is -0.360 e. The van der Waals surface area contributed by atoms with Crippen molar-refractivity contribution in [1.82, 2.24) is 9.47 Å². The van der Waals surface area contributed by atoms with Crippen molar-refractivity contribution in [1.29, 1.82) is 10.5 Å². The number of fused-ring (bicyclic) bond motifs is 5. The van der Waals surface area contributed by atoms with Gasteiger partial charge in [-0.25, -0.2) is 0 Å². The van der Waals surface area contributed by atoms with Crippen molar-refractivity contribution in [2.45, 2.75) is 50.6 Å². The molecule has 0 spiro atoms. The number of hydrogen-bond donors (Lipinski definition) is 0. The molecule has 3 aromatic carbocycles. The van der Waals surface area contributed by atoms with E-state index in [0.29, 0.717) is 29.4 Å². The molecule has 0 fully saturated rings. The number of nitriles is 2. The molecule has 4 nitrogen and oxygen atoms in total. The molecule has 0 radical (unpaired) electrons. The van der Waals surface area contributed by atoms with Crippen molar-refractivity contribution >= 4 is 21.8 Å². The maximum Gasteiger partial charge on any atom is 0.101 e. The van der Waals surface area contributed by atoms with Crippen molar-refractivity contribution in [3.63, 3.8) is 0 Å². The summed E-state index contributed by atoms with van der Waals surface area (Å²) in [6.45, 7) is 2.30. The summed E-state index contributed by atoms with van der Waals surface area (Å²) in [5, 5.41) is 22.4. The SMILES string of the molecule is CC1CC(C#N)=CC2=C1N(C1C=CC=CC1)C1C2=CC=CC1C1C=CCCC1c1ccc2c(c1)c1ccccc1n2-c1ccccc1C#N.